The first-order chi connectivity index (χ1) is 7.36. The van der Waals surface area contributed by atoms with Crippen LogP contribution < -0.4 is 5.32 Å². The lowest BCUT2D eigenvalue weighted by Crippen LogP contribution is -2.45. The molecule has 2 heterocycles. The molecule has 3 heteroatoms. The second-order valence-electron chi connectivity index (χ2n) is 5.01. The maximum absolute atomic E-state index is 3.41. The van der Waals surface area contributed by atoms with Crippen molar-refractivity contribution in [2.75, 3.05) is 46.3 Å². The van der Waals surface area contributed by atoms with E-state index in [4.69, 9.17) is 0 Å². The fourth-order valence-electron chi connectivity index (χ4n) is 2.78. The monoisotopic (exact) mass is 211 g/mol. The van der Waals surface area contributed by atoms with Gasteiger partial charge in [0.2, 0.25) is 0 Å². The molecule has 0 radical (unpaired) electrons. The van der Waals surface area contributed by atoms with Gasteiger partial charge in [-0.25, -0.2) is 0 Å². The summed E-state index contributed by atoms with van der Waals surface area (Å²) in [5.41, 5.74) is 0. The molecule has 0 aromatic heterocycles. The summed E-state index contributed by atoms with van der Waals surface area (Å²) < 4.78 is 0. The molecule has 0 amide bonds. The number of nitrogens with one attached hydrogen (secondary N) is 1. The predicted octanol–water partition coefficient (Wildman–Crippen LogP) is 0.766. The normalized spacial score (nSPS) is 30.6. The molecule has 0 aromatic rings. The van der Waals surface area contributed by atoms with Crippen LogP contribution in [0.5, 0.6) is 0 Å². The number of likely N-dealkylation sites (tertiary alicyclic amines) is 1. The summed E-state index contributed by atoms with van der Waals surface area (Å²) in [5.74, 6) is 0. The minimum absolute atomic E-state index is 0.855. The van der Waals surface area contributed by atoms with Crippen LogP contribution in [0.3, 0.4) is 0 Å². The first-order valence-corrected chi connectivity index (χ1v) is 6.49. The third-order valence-electron chi connectivity index (χ3n) is 3.91. The van der Waals surface area contributed by atoms with Gasteiger partial charge in [-0.2, -0.15) is 0 Å². The lowest BCUT2D eigenvalue weighted by molar-refractivity contribution is 0.148. The smallest absolute Gasteiger partial charge is 0.0107 e. The fraction of sp³-hybridized carbons (Fsp3) is 1.00. The Bertz CT molecular complexity index is 178. The van der Waals surface area contributed by atoms with Crippen molar-refractivity contribution in [3.8, 4) is 0 Å². The molecule has 1 N–H and O–H groups in total. The Balaban J connectivity index is 1.67. The van der Waals surface area contributed by atoms with Crippen LogP contribution in [0.15, 0.2) is 0 Å². The van der Waals surface area contributed by atoms with Gasteiger partial charge < -0.3 is 15.1 Å². The van der Waals surface area contributed by atoms with Crippen molar-refractivity contribution in [1.29, 1.82) is 0 Å². The molecule has 2 fully saturated rings. The van der Waals surface area contributed by atoms with Gasteiger partial charge in [-0.1, -0.05) is 6.42 Å². The molecule has 0 aliphatic carbocycles. The van der Waals surface area contributed by atoms with E-state index in [1.165, 1.54) is 65.0 Å². The van der Waals surface area contributed by atoms with E-state index in [0.29, 0.717) is 0 Å². The second kappa shape index (κ2) is 5.83. The maximum atomic E-state index is 3.41. The SMILES string of the molecule is CN1CCCCC1CCN1CCNCC1. The molecular weight excluding hydrogens is 186 g/mol. The highest BCUT2D eigenvalue weighted by Gasteiger charge is 2.19. The lowest BCUT2D eigenvalue weighted by atomic mass is 10.00. The van der Waals surface area contributed by atoms with Crippen LogP contribution in [0, 0.1) is 0 Å². The zero-order valence-electron chi connectivity index (χ0n) is 10.0. The molecule has 88 valence electrons. The Hall–Kier alpha value is -0.120. The van der Waals surface area contributed by atoms with Gasteiger partial charge in [0.05, 0.1) is 0 Å². The standard InChI is InChI=1S/C12H25N3/c1-14-8-3-2-4-12(14)5-9-15-10-6-13-7-11-15/h12-13H,2-11H2,1H3. The summed E-state index contributed by atoms with van der Waals surface area (Å²) >= 11 is 0. The summed E-state index contributed by atoms with van der Waals surface area (Å²) in [4.78, 5) is 5.17. The van der Waals surface area contributed by atoms with Crippen molar-refractivity contribution >= 4 is 0 Å². The Morgan fingerprint density at radius 1 is 1.13 bits per heavy atom. The first-order valence-electron chi connectivity index (χ1n) is 6.49. The molecule has 1 atom stereocenters. The predicted molar refractivity (Wildman–Crippen MR) is 64.2 cm³/mol. The quantitative estimate of drug-likeness (QED) is 0.744. The van der Waals surface area contributed by atoms with Gasteiger partial charge in [0.1, 0.15) is 0 Å². The van der Waals surface area contributed by atoms with Crippen molar-refractivity contribution in [3.63, 3.8) is 0 Å². The summed E-state index contributed by atoms with van der Waals surface area (Å²) in [5, 5.41) is 3.41. The van der Waals surface area contributed by atoms with Gasteiger partial charge in [0.15, 0.2) is 0 Å². The maximum Gasteiger partial charge on any atom is 0.0107 e. The van der Waals surface area contributed by atoms with Crippen molar-refractivity contribution in [2.45, 2.75) is 31.7 Å². The van der Waals surface area contributed by atoms with Crippen molar-refractivity contribution in [3.05, 3.63) is 0 Å². The molecule has 2 saturated heterocycles. The zero-order valence-corrected chi connectivity index (χ0v) is 10.0. The second-order valence-corrected chi connectivity index (χ2v) is 5.01. The van der Waals surface area contributed by atoms with E-state index in [-0.39, 0.29) is 0 Å². The largest absolute Gasteiger partial charge is 0.314 e. The van der Waals surface area contributed by atoms with Crippen molar-refractivity contribution in [2.24, 2.45) is 0 Å². The minimum atomic E-state index is 0.855. The van der Waals surface area contributed by atoms with E-state index >= 15 is 0 Å². The summed E-state index contributed by atoms with van der Waals surface area (Å²) in [6.07, 6.45) is 5.64. The highest BCUT2D eigenvalue weighted by Crippen LogP contribution is 2.17. The molecule has 0 saturated carbocycles. The van der Waals surface area contributed by atoms with Crippen LogP contribution >= 0.6 is 0 Å². The third-order valence-corrected chi connectivity index (χ3v) is 3.91. The van der Waals surface area contributed by atoms with Gasteiger partial charge in [-0.05, 0) is 39.4 Å². The van der Waals surface area contributed by atoms with E-state index in [1.807, 2.05) is 0 Å². The number of rotatable bonds is 3. The molecular formula is C12H25N3. The Labute approximate surface area is 93.8 Å². The van der Waals surface area contributed by atoms with Gasteiger partial charge in [-0.15, -0.1) is 0 Å². The van der Waals surface area contributed by atoms with E-state index < -0.39 is 0 Å². The van der Waals surface area contributed by atoms with E-state index in [1.54, 1.807) is 0 Å². The summed E-state index contributed by atoms with van der Waals surface area (Å²) in [6, 6.07) is 0.855. The van der Waals surface area contributed by atoms with Crippen LogP contribution in [0.25, 0.3) is 0 Å². The lowest BCUT2D eigenvalue weighted by Gasteiger charge is -2.35. The van der Waals surface area contributed by atoms with Crippen molar-refractivity contribution < 1.29 is 0 Å². The first kappa shape index (κ1) is 11.4. The molecule has 2 rings (SSSR count). The third kappa shape index (κ3) is 3.44. The van der Waals surface area contributed by atoms with Crippen LogP contribution in [0.1, 0.15) is 25.7 Å². The molecule has 3 nitrogen and oxygen atoms in total. The summed E-state index contributed by atoms with van der Waals surface area (Å²) in [7, 11) is 2.29. The van der Waals surface area contributed by atoms with Crippen molar-refractivity contribution in [1.82, 2.24) is 15.1 Å². The molecule has 15 heavy (non-hydrogen) atoms. The van der Waals surface area contributed by atoms with Crippen LogP contribution in [-0.2, 0) is 0 Å². The van der Waals surface area contributed by atoms with E-state index in [2.05, 4.69) is 22.2 Å². The number of piperazine rings is 1. The molecule has 1 unspecified atom stereocenters. The van der Waals surface area contributed by atoms with E-state index in [0.717, 1.165) is 6.04 Å². The minimum Gasteiger partial charge on any atom is -0.314 e. The number of hydrogen-bond donors (Lipinski definition) is 1. The molecule has 0 aromatic carbocycles. The summed E-state index contributed by atoms with van der Waals surface area (Å²) in [6.45, 7) is 7.47. The van der Waals surface area contributed by atoms with Crippen LogP contribution in [-0.4, -0.2) is 62.2 Å². The molecule has 0 spiro atoms. The average Bonchev–Trinajstić information content (AvgIpc) is 2.29. The Kier molecular flexibility index (Phi) is 4.42. The van der Waals surface area contributed by atoms with Crippen LogP contribution in [0.4, 0.5) is 0 Å². The topological polar surface area (TPSA) is 18.5 Å². The zero-order chi connectivity index (χ0) is 10.5. The number of piperidine rings is 1. The number of hydrogen-bond acceptors (Lipinski definition) is 3. The molecule has 2 aliphatic rings. The average molecular weight is 211 g/mol. The Morgan fingerprint density at radius 2 is 1.93 bits per heavy atom. The van der Waals surface area contributed by atoms with Crippen LogP contribution in [0.2, 0.25) is 0 Å². The highest BCUT2D eigenvalue weighted by molar-refractivity contribution is 4.76. The molecule has 0 bridgehead atoms. The highest BCUT2D eigenvalue weighted by atomic mass is 15.2. The number of nitrogens with zero attached hydrogens (tertiary/aromatic N) is 2. The van der Waals surface area contributed by atoms with Gasteiger partial charge in [-0.3, -0.25) is 0 Å². The van der Waals surface area contributed by atoms with Gasteiger partial charge >= 0.3 is 0 Å². The van der Waals surface area contributed by atoms with Gasteiger partial charge in [0.25, 0.3) is 0 Å². The van der Waals surface area contributed by atoms with E-state index in [9.17, 15) is 0 Å². The van der Waals surface area contributed by atoms with Gasteiger partial charge in [0, 0.05) is 32.2 Å². The Morgan fingerprint density at radius 3 is 2.67 bits per heavy atom. The molecule has 2 aliphatic heterocycles. The fourth-order valence-corrected chi connectivity index (χ4v) is 2.78.